The molecule has 2 unspecified atom stereocenters. The number of aromatic nitrogens is 2. The van der Waals surface area contributed by atoms with Gasteiger partial charge < -0.3 is 10.2 Å². The smallest absolute Gasteiger partial charge is 0.124 e. The van der Waals surface area contributed by atoms with Gasteiger partial charge in [0.05, 0.1) is 18.0 Å². The molecular weight excluding hydrogens is 176 g/mol. The largest absolute Gasteiger partial charge is 0.389 e. The van der Waals surface area contributed by atoms with E-state index < -0.39 is 12.2 Å². The van der Waals surface area contributed by atoms with Crippen molar-refractivity contribution >= 4 is 12.6 Å². The van der Waals surface area contributed by atoms with Gasteiger partial charge in [0, 0.05) is 18.1 Å². The van der Waals surface area contributed by atoms with E-state index in [1.54, 1.807) is 0 Å². The average Bonchev–Trinajstić information content (AvgIpc) is 2.17. The summed E-state index contributed by atoms with van der Waals surface area (Å²) in [5.41, 5.74) is 0.360. The van der Waals surface area contributed by atoms with Gasteiger partial charge in [0.25, 0.3) is 0 Å². The number of aliphatic hydroxyl groups is 2. The third-order valence-electron chi connectivity index (χ3n) is 1.44. The lowest BCUT2D eigenvalue weighted by Crippen LogP contribution is -2.20. The number of thiol groups is 1. The Morgan fingerprint density at radius 3 is 2.67 bits per heavy atom. The van der Waals surface area contributed by atoms with Crippen molar-refractivity contribution in [2.45, 2.75) is 12.2 Å². The van der Waals surface area contributed by atoms with Crippen molar-refractivity contribution in [3.63, 3.8) is 0 Å². The second kappa shape index (κ2) is 4.39. The van der Waals surface area contributed by atoms with Gasteiger partial charge in [-0.3, -0.25) is 9.97 Å². The van der Waals surface area contributed by atoms with Crippen LogP contribution in [0.2, 0.25) is 0 Å². The second-order valence-electron chi connectivity index (χ2n) is 2.33. The van der Waals surface area contributed by atoms with E-state index in [1.807, 2.05) is 0 Å². The van der Waals surface area contributed by atoms with Gasteiger partial charge >= 0.3 is 0 Å². The van der Waals surface area contributed by atoms with Crippen molar-refractivity contribution < 1.29 is 10.2 Å². The maximum Gasteiger partial charge on any atom is 0.124 e. The van der Waals surface area contributed by atoms with E-state index in [4.69, 9.17) is 0 Å². The van der Waals surface area contributed by atoms with E-state index in [-0.39, 0.29) is 5.75 Å². The van der Waals surface area contributed by atoms with E-state index >= 15 is 0 Å². The summed E-state index contributed by atoms with van der Waals surface area (Å²) in [4.78, 5) is 7.61. The van der Waals surface area contributed by atoms with Crippen molar-refractivity contribution in [2.24, 2.45) is 0 Å². The second-order valence-corrected chi connectivity index (χ2v) is 2.69. The zero-order valence-electron chi connectivity index (χ0n) is 6.33. The van der Waals surface area contributed by atoms with Gasteiger partial charge in [-0.1, -0.05) is 0 Å². The highest BCUT2D eigenvalue weighted by Crippen LogP contribution is 2.13. The molecule has 0 aliphatic carbocycles. The number of hydrogen-bond acceptors (Lipinski definition) is 5. The molecule has 0 aliphatic heterocycles. The first kappa shape index (κ1) is 9.44. The number of aliphatic hydroxyl groups excluding tert-OH is 2. The molecule has 0 aliphatic rings. The number of rotatable bonds is 3. The van der Waals surface area contributed by atoms with Crippen LogP contribution in [0.4, 0.5) is 0 Å². The van der Waals surface area contributed by atoms with Crippen molar-refractivity contribution in [2.75, 3.05) is 5.75 Å². The first-order valence-corrected chi connectivity index (χ1v) is 4.12. The molecule has 2 atom stereocenters. The molecule has 0 fully saturated rings. The van der Waals surface area contributed by atoms with Crippen LogP contribution < -0.4 is 0 Å². The fraction of sp³-hybridized carbons (Fsp3) is 0.429. The molecule has 0 radical (unpaired) electrons. The van der Waals surface area contributed by atoms with Crippen LogP contribution in [0.1, 0.15) is 11.8 Å². The molecule has 1 aromatic rings. The molecule has 2 N–H and O–H groups in total. The monoisotopic (exact) mass is 186 g/mol. The molecule has 66 valence electrons. The van der Waals surface area contributed by atoms with Crippen molar-refractivity contribution in [3.05, 3.63) is 24.3 Å². The Balaban J connectivity index is 2.71. The maximum atomic E-state index is 9.39. The van der Waals surface area contributed by atoms with Crippen LogP contribution in [0.25, 0.3) is 0 Å². The summed E-state index contributed by atoms with van der Waals surface area (Å²) < 4.78 is 0. The zero-order chi connectivity index (χ0) is 8.97. The summed E-state index contributed by atoms with van der Waals surface area (Å²) >= 11 is 3.85. The Bertz CT molecular complexity index is 232. The van der Waals surface area contributed by atoms with Crippen molar-refractivity contribution in [1.29, 1.82) is 0 Å². The van der Waals surface area contributed by atoms with Crippen LogP contribution in [0.5, 0.6) is 0 Å². The summed E-state index contributed by atoms with van der Waals surface area (Å²) in [5.74, 6) is 0.192. The molecule has 5 heteroatoms. The van der Waals surface area contributed by atoms with Crippen LogP contribution in [0.15, 0.2) is 18.6 Å². The fourth-order valence-corrected chi connectivity index (χ4v) is 0.960. The third-order valence-corrected chi connectivity index (χ3v) is 1.81. The molecule has 4 nitrogen and oxygen atoms in total. The first-order chi connectivity index (χ1) is 5.75. The summed E-state index contributed by atoms with van der Waals surface area (Å²) in [6.07, 6.45) is 2.48. The van der Waals surface area contributed by atoms with Gasteiger partial charge in [0.15, 0.2) is 0 Å². The maximum absolute atomic E-state index is 9.39. The summed E-state index contributed by atoms with van der Waals surface area (Å²) in [6, 6.07) is 0. The molecular formula is C7H10N2O2S. The van der Waals surface area contributed by atoms with Gasteiger partial charge in [-0.05, 0) is 0 Å². The van der Waals surface area contributed by atoms with Gasteiger partial charge in [0.2, 0.25) is 0 Å². The predicted molar refractivity (Wildman–Crippen MR) is 46.9 cm³/mol. The summed E-state index contributed by atoms with van der Waals surface area (Å²) in [6.45, 7) is 0. The molecule has 0 aromatic carbocycles. The van der Waals surface area contributed by atoms with E-state index in [0.717, 1.165) is 0 Å². The molecule has 0 saturated carbocycles. The Labute approximate surface area is 75.7 Å². The van der Waals surface area contributed by atoms with Crippen LogP contribution in [-0.4, -0.2) is 32.0 Å². The van der Waals surface area contributed by atoms with Crippen LogP contribution in [-0.2, 0) is 0 Å². The van der Waals surface area contributed by atoms with Gasteiger partial charge in [0.1, 0.15) is 6.10 Å². The van der Waals surface area contributed by atoms with Crippen LogP contribution >= 0.6 is 12.6 Å². The third kappa shape index (κ3) is 2.17. The van der Waals surface area contributed by atoms with Gasteiger partial charge in [-0.15, -0.1) is 0 Å². The highest BCUT2D eigenvalue weighted by molar-refractivity contribution is 7.80. The quantitative estimate of drug-likeness (QED) is 0.572. The molecule has 12 heavy (non-hydrogen) atoms. The molecule has 0 saturated heterocycles. The average molecular weight is 186 g/mol. The highest BCUT2D eigenvalue weighted by Gasteiger charge is 2.17. The van der Waals surface area contributed by atoms with Gasteiger partial charge in [-0.25, -0.2) is 0 Å². The summed E-state index contributed by atoms with van der Waals surface area (Å²) in [7, 11) is 0. The Hall–Kier alpha value is -0.650. The zero-order valence-corrected chi connectivity index (χ0v) is 7.22. The number of hydrogen-bond donors (Lipinski definition) is 3. The van der Waals surface area contributed by atoms with E-state index in [9.17, 15) is 10.2 Å². The standard InChI is InChI=1S/C7H10N2O2S/c10-6(4-12)7(11)5-3-8-1-2-9-5/h1-3,6-7,10-12H,4H2. The SMILES string of the molecule is OC(CS)C(O)c1cnccn1. The number of nitrogens with zero attached hydrogens (tertiary/aromatic N) is 2. The molecule has 0 bridgehead atoms. The summed E-state index contributed by atoms with van der Waals surface area (Å²) in [5, 5.41) is 18.6. The molecule has 1 aromatic heterocycles. The fourth-order valence-electron chi connectivity index (χ4n) is 0.760. The highest BCUT2D eigenvalue weighted by atomic mass is 32.1. The Kier molecular flexibility index (Phi) is 3.46. The van der Waals surface area contributed by atoms with Crippen LogP contribution in [0, 0.1) is 0 Å². The molecule has 0 spiro atoms. The lowest BCUT2D eigenvalue weighted by molar-refractivity contribution is 0.0308. The topological polar surface area (TPSA) is 66.2 Å². The van der Waals surface area contributed by atoms with E-state index in [1.165, 1.54) is 18.6 Å². The molecule has 0 amide bonds. The normalized spacial score (nSPS) is 15.6. The lowest BCUT2D eigenvalue weighted by Gasteiger charge is -2.13. The Morgan fingerprint density at radius 2 is 2.17 bits per heavy atom. The minimum absolute atomic E-state index is 0.192. The first-order valence-electron chi connectivity index (χ1n) is 3.48. The molecule has 1 heterocycles. The van der Waals surface area contributed by atoms with Crippen molar-refractivity contribution in [1.82, 2.24) is 9.97 Å². The van der Waals surface area contributed by atoms with Crippen molar-refractivity contribution in [3.8, 4) is 0 Å². The van der Waals surface area contributed by atoms with Gasteiger partial charge in [-0.2, -0.15) is 12.6 Å². The molecule has 1 rings (SSSR count). The van der Waals surface area contributed by atoms with E-state index in [2.05, 4.69) is 22.6 Å². The Morgan fingerprint density at radius 1 is 1.42 bits per heavy atom. The van der Waals surface area contributed by atoms with E-state index in [0.29, 0.717) is 5.69 Å². The predicted octanol–water partition coefficient (Wildman–Crippen LogP) is -0.199. The minimum atomic E-state index is -1.00. The lowest BCUT2D eigenvalue weighted by atomic mass is 10.2. The van der Waals surface area contributed by atoms with Crippen LogP contribution in [0.3, 0.4) is 0 Å². The minimum Gasteiger partial charge on any atom is -0.389 e.